The maximum atomic E-state index is 10.5. The van der Waals surface area contributed by atoms with E-state index in [0.29, 0.717) is 5.92 Å². The number of nitrogens with one attached hydrogen (secondary N) is 1. The predicted octanol–water partition coefficient (Wildman–Crippen LogP) is 2.04. The molecular weight excluding hydrogens is 206 g/mol. The fourth-order valence-electron chi connectivity index (χ4n) is 2.29. The van der Waals surface area contributed by atoms with E-state index in [9.17, 15) is 5.11 Å². The zero-order valence-corrected chi connectivity index (χ0v) is 10.0. The third kappa shape index (κ3) is 2.80. The highest BCUT2D eigenvalue weighted by atomic mass is 32.1. The molecule has 1 aromatic rings. The molecule has 0 amide bonds. The Morgan fingerprint density at radius 1 is 1.67 bits per heavy atom. The van der Waals surface area contributed by atoms with Gasteiger partial charge in [-0.25, -0.2) is 0 Å². The summed E-state index contributed by atoms with van der Waals surface area (Å²) in [5, 5.41) is 15.9. The van der Waals surface area contributed by atoms with Crippen molar-refractivity contribution < 1.29 is 5.11 Å². The van der Waals surface area contributed by atoms with Gasteiger partial charge in [-0.1, -0.05) is 6.07 Å². The molecule has 1 fully saturated rings. The summed E-state index contributed by atoms with van der Waals surface area (Å²) in [4.78, 5) is 1.28. The van der Waals surface area contributed by atoms with Crippen molar-refractivity contribution in [3.63, 3.8) is 0 Å². The fraction of sp³-hybridized carbons (Fsp3) is 0.667. The lowest BCUT2D eigenvalue weighted by atomic mass is 9.81. The van der Waals surface area contributed by atoms with E-state index >= 15 is 0 Å². The lowest BCUT2D eigenvalue weighted by molar-refractivity contribution is -0.00953. The van der Waals surface area contributed by atoms with Crippen molar-refractivity contribution in [2.24, 2.45) is 5.92 Å². The molecule has 1 aromatic heterocycles. The summed E-state index contributed by atoms with van der Waals surface area (Å²) in [5.41, 5.74) is -0.557. The van der Waals surface area contributed by atoms with Gasteiger partial charge in [-0.05, 0) is 37.8 Å². The molecule has 15 heavy (non-hydrogen) atoms. The van der Waals surface area contributed by atoms with Crippen molar-refractivity contribution in [2.45, 2.75) is 31.8 Å². The molecule has 0 spiro atoms. The topological polar surface area (TPSA) is 32.3 Å². The van der Waals surface area contributed by atoms with Gasteiger partial charge in [0.2, 0.25) is 0 Å². The van der Waals surface area contributed by atoms with Gasteiger partial charge in [0.25, 0.3) is 0 Å². The lowest BCUT2D eigenvalue weighted by Crippen LogP contribution is -2.45. The first kappa shape index (κ1) is 11.1. The Balaban J connectivity index is 1.98. The molecule has 3 heteroatoms. The van der Waals surface area contributed by atoms with Gasteiger partial charge in [0.15, 0.2) is 0 Å². The van der Waals surface area contributed by atoms with Crippen molar-refractivity contribution in [2.75, 3.05) is 13.1 Å². The van der Waals surface area contributed by atoms with Crippen LogP contribution in [0.5, 0.6) is 0 Å². The van der Waals surface area contributed by atoms with Crippen LogP contribution >= 0.6 is 11.3 Å². The Morgan fingerprint density at radius 2 is 2.53 bits per heavy atom. The van der Waals surface area contributed by atoms with E-state index in [1.54, 1.807) is 11.3 Å². The van der Waals surface area contributed by atoms with E-state index in [2.05, 4.69) is 22.8 Å². The smallest absolute Gasteiger partial charge is 0.0707 e. The maximum absolute atomic E-state index is 10.5. The number of hydrogen-bond acceptors (Lipinski definition) is 3. The largest absolute Gasteiger partial charge is 0.389 e. The predicted molar refractivity (Wildman–Crippen MR) is 64.2 cm³/mol. The molecule has 1 aliphatic heterocycles. The van der Waals surface area contributed by atoms with E-state index in [4.69, 9.17) is 0 Å². The number of aliphatic hydroxyl groups is 1. The highest BCUT2D eigenvalue weighted by Gasteiger charge is 2.33. The Morgan fingerprint density at radius 3 is 3.13 bits per heavy atom. The zero-order chi connectivity index (χ0) is 10.7. The molecule has 0 bridgehead atoms. The zero-order valence-electron chi connectivity index (χ0n) is 9.20. The number of rotatable bonds is 3. The molecular formula is C12H19NOS. The molecule has 2 atom stereocenters. The van der Waals surface area contributed by atoms with E-state index in [1.165, 1.54) is 11.3 Å². The van der Waals surface area contributed by atoms with Gasteiger partial charge >= 0.3 is 0 Å². The van der Waals surface area contributed by atoms with E-state index < -0.39 is 5.60 Å². The van der Waals surface area contributed by atoms with Crippen LogP contribution in [0.3, 0.4) is 0 Å². The average molecular weight is 225 g/mol. The molecule has 2 nitrogen and oxygen atoms in total. The molecule has 1 saturated heterocycles. The van der Waals surface area contributed by atoms with Crippen molar-refractivity contribution in [1.82, 2.24) is 5.32 Å². The molecule has 0 radical (unpaired) electrons. The van der Waals surface area contributed by atoms with Crippen molar-refractivity contribution >= 4 is 11.3 Å². The molecule has 0 aromatic carbocycles. The van der Waals surface area contributed by atoms with E-state index in [0.717, 1.165) is 25.9 Å². The third-order valence-corrected chi connectivity index (χ3v) is 4.16. The monoisotopic (exact) mass is 225 g/mol. The summed E-state index contributed by atoms with van der Waals surface area (Å²) in [7, 11) is 0. The minimum atomic E-state index is -0.557. The summed E-state index contributed by atoms with van der Waals surface area (Å²) in [6.07, 6.45) is 3.12. The normalized spacial score (nSPS) is 26.1. The first-order chi connectivity index (χ1) is 7.18. The summed E-state index contributed by atoms with van der Waals surface area (Å²) < 4.78 is 0. The Labute approximate surface area is 95.3 Å². The summed E-state index contributed by atoms with van der Waals surface area (Å²) in [6.45, 7) is 4.04. The van der Waals surface area contributed by atoms with Crippen molar-refractivity contribution in [3.05, 3.63) is 22.4 Å². The number of piperidine rings is 1. The number of thiophene rings is 1. The molecule has 2 heterocycles. The second-order valence-electron chi connectivity index (χ2n) is 4.66. The number of hydrogen-bond donors (Lipinski definition) is 2. The van der Waals surface area contributed by atoms with E-state index in [-0.39, 0.29) is 0 Å². The summed E-state index contributed by atoms with van der Waals surface area (Å²) >= 11 is 1.73. The molecule has 1 aliphatic rings. The highest BCUT2D eigenvalue weighted by Crippen LogP contribution is 2.28. The van der Waals surface area contributed by atoms with Gasteiger partial charge in [0.05, 0.1) is 5.60 Å². The van der Waals surface area contributed by atoms with Crippen LogP contribution in [0.2, 0.25) is 0 Å². The lowest BCUT2D eigenvalue weighted by Gasteiger charge is -2.35. The van der Waals surface area contributed by atoms with Gasteiger partial charge in [-0.2, -0.15) is 0 Å². The molecule has 2 rings (SSSR count). The third-order valence-electron chi connectivity index (χ3n) is 3.29. The van der Waals surface area contributed by atoms with Crippen LogP contribution < -0.4 is 5.32 Å². The van der Waals surface area contributed by atoms with Crippen LogP contribution in [0.15, 0.2) is 17.5 Å². The van der Waals surface area contributed by atoms with Gasteiger partial charge in [-0.3, -0.25) is 0 Å². The van der Waals surface area contributed by atoms with Crippen LogP contribution in [-0.2, 0) is 6.42 Å². The molecule has 0 saturated carbocycles. The molecule has 0 aliphatic carbocycles. The van der Waals surface area contributed by atoms with Crippen molar-refractivity contribution in [3.8, 4) is 0 Å². The average Bonchev–Trinajstić information content (AvgIpc) is 2.71. The van der Waals surface area contributed by atoms with Crippen LogP contribution in [0.1, 0.15) is 24.6 Å². The SMILES string of the molecule is CC(O)(Cc1cccs1)C1CCCNC1. The molecule has 84 valence electrons. The minimum absolute atomic E-state index is 0.397. The van der Waals surface area contributed by atoms with Gasteiger partial charge in [0, 0.05) is 23.8 Å². The van der Waals surface area contributed by atoms with Crippen LogP contribution in [0, 0.1) is 5.92 Å². The Kier molecular flexibility index (Phi) is 3.44. The van der Waals surface area contributed by atoms with Gasteiger partial charge < -0.3 is 10.4 Å². The van der Waals surface area contributed by atoms with E-state index in [1.807, 2.05) is 6.92 Å². The standard InChI is InChI=1S/C12H19NOS/c1-12(14,8-11-5-3-7-15-11)10-4-2-6-13-9-10/h3,5,7,10,13-14H,2,4,6,8-9H2,1H3. The van der Waals surface area contributed by atoms with Crippen LogP contribution in [-0.4, -0.2) is 23.8 Å². The minimum Gasteiger partial charge on any atom is -0.389 e. The first-order valence-electron chi connectivity index (χ1n) is 5.64. The van der Waals surface area contributed by atoms with Crippen LogP contribution in [0.25, 0.3) is 0 Å². The van der Waals surface area contributed by atoms with Gasteiger partial charge in [0.1, 0.15) is 0 Å². The second kappa shape index (κ2) is 4.64. The quantitative estimate of drug-likeness (QED) is 0.825. The first-order valence-corrected chi connectivity index (χ1v) is 6.52. The van der Waals surface area contributed by atoms with Crippen LogP contribution in [0.4, 0.5) is 0 Å². The molecule has 2 N–H and O–H groups in total. The highest BCUT2D eigenvalue weighted by molar-refractivity contribution is 7.09. The Hall–Kier alpha value is -0.380. The maximum Gasteiger partial charge on any atom is 0.0707 e. The van der Waals surface area contributed by atoms with Gasteiger partial charge in [-0.15, -0.1) is 11.3 Å². The fourth-order valence-corrected chi connectivity index (χ4v) is 3.16. The van der Waals surface area contributed by atoms with Crippen molar-refractivity contribution in [1.29, 1.82) is 0 Å². The Bertz CT molecular complexity index is 289. The summed E-state index contributed by atoms with van der Waals surface area (Å²) in [5.74, 6) is 0.397. The summed E-state index contributed by atoms with van der Waals surface area (Å²) in [6, 6.07) is 4.16. The second-order valence-corrected chi connectivity index (χ2v) is 5.69. The molecule has 2 unspecified atom stereocenters.